The molecule has 0 bridgehead atoms. The van der Waals surface area contributed by atoms with Gasteiger partial charge in [-0.05, 0) is 31.2 Å². The van der Waals surface area contributed by atoms with Crippen LogP contribution in [0.1, 0.15) is 23.9 Å². The van der Waals surface area contributed by atoms with Gasteiger partial charge >= 0.3 is 0 Å². The summed E-state index contributed by atoms with van der Waals surface area (Å²) in [7, 11) is 3.12. The standard InChI is InChI=1S/C17H19ClN2O3/c1-11-8-13(18)9-15(19-11)12(2)20(21)10-14-16(22-3)6-5-7-17(14)23-4/h5-9H,10H2,1-4H3/b20-12-. The number of hydrogen-bond acceptors (Lipinski definition) is 4. The second kappa shape index (κ2) is 7.33. The Hall–Kier alpha value is -2.27. The van der Waals surface area contributed by atoms with E-state index in [0.717, 1.165) is 10.4 Å². The van der Waals surface area contributed by atoms with Crippen molar-refractivity contribution in [2.45, 2.75) is 20.4 Å². The summed E-state index contributed by atoms with van der Waals surface area (Å²) >= 11 is 6.04. The van der Waals surface area contributed by atoms with Gasteiger partial charge in [-0.15, -0.1) is 0 Å². The zero-order valence-electron chi connectivity index (χ0n) is 13.6. The molecule has 6 heteroatoms. The monoisotopic (exact) mass is 334 g/mol. The highest BCUT2D eigenvalue weighted by Gasteiger charge is 2.17. The minimum atomic E-state index is 0.0895. The van der Waals surface area contributed by atoms with Crippen LogP contribution in [0, 0.1) is 12.1 Å². The van der Waals surface area contributed by atoms with E-state index in [1.165, 1.54) is 0 Å². The number of aryl methyl sites for hydroxylation is 1. The van der Waals surface area contributed by atoms with E-state index in [0.29, 0.717) is 33.5 Å². The Kier molecular flexibility index (Phi) is 5.45. The number of benzene rings is 1. The van der Waals surface area contributed by atoms with Crippen molar-refractivity contribution < 1.29 is 14.2 Å². The van der Waals surface area contributed by atoms with Crippen LogP contribution in [0.5, 0.6) is 11.5 Å². The third-order valence-corrected chi connectivity index (χ3v) is 3.71. The zero-order chi connectivity index (χ0) is 17.0. The third-order valence-electron chi connectivity index (χ3n) is 3.49. The van der Waals surface area contributed by atoms with Crippen LogP contribution in [0.4, 0.5) is 0 Å². The Morgan fingerprint density at radius 2 is 1.83 bits per heavy atom. The Bertz CT molecular complexity index is 702. The highest BCUT2D eigenvalue weighted by atomic mass is 35.5. The molecule has 1 aromatic carbocycles. The number of hydrogen-bond donors (Lipinski definition) is 0. The minimum Gasteiger partial charge on any atom is -0.623 e. The molecule has 2 rings (SSSR count). The van der Waals surface area contributed by atoms with Crippen LogP contribution in [0.2, 0.25) is 5.02 Å². The molecule has 0 saturated heterocycles. The van der Waals surface area contributed by atoms with Gasteiger partial charge in [0, 0.05) is 17.6 Å². The molecule has 0 aliphatic carbocycles. The lowest BCUT2D eigenvalue weighted by molar-refractivity contribution is -0.475. The first-order chi connectivity index (χ1) is 11.0. The Morgan fingerprint density at radius 3 is 2.35 bits per heavy atom. The first kappa shape index (κ1) is 17.1. The predicted molar refractivity (Wildman–Crippen MR) is 90.6 cm³/mol. The lowest BCUT2D eigenvalue weighted by Crippen LogP contribution is -2.16. The molecule has 1 heterocycles. The van der Waals surface area contributed by atoms with Gasteiger partial charge in [-0.25, -0.2) is 9.72 Å². The average molecular weight is 335 g/mol. The number of rotatable bonds is 5. The first-order valence-electron chi connectivity index (χ1n) is 7.09. The van der Waals surface area contributed by atoms with Crippen molar-refractivity contribution in [2.75, 3.05) is 14.2 Å². The Labute approximate surface area is 140 Å². The highest BCUT2D eigenvalue weighted by molar-refractivity contribution is 6.30. The van der Waals surface area contributed by atoms with Crippen LogP contribution < -0.4 is 9.47 Å². The molecule has 1 aromatic heterocycles. The van der Waals surface area contributed by atoms with Crippen molar-refractivity contribution >= 4 is 17.3 Å². The van der Waals surface area contributed by atoms with E-state index >= 15 is 0 Å². The summed E-state index contributed by atoms with van der Waals surface area (Å²) in [5, 5.41) is 13.1. The van der Waals surface area contributed by atoms with E-state index in [1.54, 1.807) is 45.4 Å². The summed E-state index contributed by atoms with van der Waals surface area (Å²) in [6.07, 6.45) is 0. The lowest BCUT2D eigenvalue weighted by atomic mass is 10.1. The van der Waals surface area contributed by atoms with Gasteiger partial charge in [0.05, 0.1) is 14.2 Å². The van der Waals surface area contributed by atoms with Crippen LogP contribution >= 0.6 is 11.6 Å². The Morgan fingerprint density at radius 1 is 1.22 bits per heavy atom. The average Bonchev–Trinajstić information content (AvgIpc) is 2.53. The molecule has 0 radical (unpaired) electrons. The van der Waals surface area contributed by atoms with Gasteiger partial charge < -0.3 is 14.7 Å². The molecule has 2 aromatic rings. The van der Waals surface area contributed by atoms with Crippen molar-refractivity contribution in [3.63, 3.8) is 0 Å². The zero-order valence-corrected chi connectivity index (χ0v) is 14.3. The van der Waals surface area contributed by atoms with Crippen LogP contribution in [-0.4, -0.2) is 29.7 Å². The van der Waals surface area contributed by atoms with Crippen molar-refractivity contribution in [3.8, 4) is 11.5 Å². The van der Waals surface area contributed by atoms with Crippen LogP contribution in [0.15, 0.2) is 30.3 Å². The molecule has 23 heavy (non-hydrogen) atoms. The summed E-state index contributed by atoms with van der Waals surface area (Å²) in [5.74, 6) is 1.21. The third kappa shape index (κ3) is 3.93. The van der Waals surface area contributed by atoms with Crippen molar-refractivity contribution in [1.29, 1.82) is 0 Å². The quantitative estimate of drug-likeness (QED) is 0.363. The highest BCUT2D eigenvalue weighted by Crippen LogP contribution is 2.28. The van der Waals surface area contributed by atoms with Gasteiger partial charge in [0.2, 0.25) is 5.71 Å². The fourth-order valence-electron chi connectivity index (χ4n) is 2.29. The number of nitrogens with zero attached hydrogens (tertiary/aromatic N) is 2. The number of pyridine rings is 1. The molecule has 122 valence electrons. The maximum atomic E-state index is 12.6. The van der Waals surface area contributed by atoms with Crippen molar-refractivity contribution in [2.24, 2.45) is 0 Å². The summed E-state index contributed by atoms with van der Waals surface area (Å²) < 4.78 is 11.5. The topological polar surface area (TPSA) is 57.4 Å². The Balaban J connectivity index is 2.42. The van der Waals surface area contributed by atoms with Crippen molar-refractivity contribution in [3.05, 3.63) is 57.5 Å². The van der Waals surface area contributed by atoms with Crippen LogP contribution in [0.25, 0.3) is 0 Å². The maximum Gasteiger partial charge on any atom is 0.210 e. The normalized spacial score (nSPS) is 11.9. The van der Waals surface area contributed by atoms with Crippen LogP contribution in [-0.2, 0) is 6.54 Å². The SMILES string of the molecule is COc1cccc(OC)c1C/[N+]([O-])=C(\C)c1cc(Cl)cc(C)n1. The summed E-state index contributed by atoms with van der Waals surface area (Å²) in [6, 6.07) is 8.82. The molecule has 0 atom stereocenters. The van der Waals surface area contributed by atoms with Gasteiger partial charge in [0.25, 0.3) is 0 Å². The van der Waals surface area contributed by atoms with E-state index in [4.69, 9.17) is 21.1 Å². The van der Waals surface area contributed by atoms with E-state index in [2.05, 4.69) is 4.98 Å². The first-order valence-corrected chi connectivity index (χ1v) is 7.46. The predicted octanol–water partition coefficient (Wildman–Crippen LogP) is 3.58. The maximum absolute atomic E-state index is 12.6. The number of aromatic nitrogens is 1. The fraction of sp³-hybridized carbons (Fsp3) is 0.294. The summed E-state index contributed by atoms with van der Waals surface area (Å²) in [4.78, 5) is 4.36. The molecule has 0 saturated carbocycles. The van der Waals surface area contributed by atoms with Crippen molar-refractivity contribution in [1.82, 2.24) is 4.98 Å². The van der Waals surface area contributed by atoms with Gasteiger partial charge in [-0.1, -0.05) is 17.7 Å². The largest absolute Gasteiger partial charge is 0.623 e. The van der Waals surface area contributed by atoms with Gasteiger partial charge in [-0.3, -0.25) is 0 Å². The lowest BCUT2D eigenvalue weighted by Gasteiger charge is -2.14. The molecular weight excluding hydrogens is 316 g/mol. The molecule has 0 unspecified atom stereocenters. The minimum absolute atomic E-state index is 0.0895. The smallest absolute Gasteiger partial charge is 0.210 e. The van der Waals surface area contributed by atoms with E-state index in [9.17, 15) is 5.21 Å². The molecule has 0 amide bonds. The molecule has 0 spiro atoms. The second-order valence-corrected chi connectivity index (χ2v) is 5.51. The van der Waals surface area contributed by atoms with Crippen LogP contribution in [0.3, 0.4) is 0 Å². The number of ether oxygens (including phenoxy) is 2. The summed E-state index contributed by atoms with van der Waals surface area (Å²) in [5.41, 5.74) is 2.48. The van der Waals surface area contributed by atoms with E-state index in [1.807, 2.05) is 13.0 Å². The molecule has 0 aliphatic heterocycles. The summed E-state index contributed by atoms with van der Waals surface area (Å²) in [6.45, 7) is 3.64. The van der Waals surface area contributed by atoms with Gasteiger partial charge in [-0.2, -0.15) is 0 Å². The second-order valence-electron chi connectivity index (χ2n) is 5.08. The molecule has 0 fully saturated rings. The number of hydroxylamine groups is 1. The number of methoxy groups -OCH3 is 2. The molecular formula is C17H19ClN2O3. The van der Waals surface area contributed by atoms with Gasteiger partial charge in [0.1, 0.15) is 22.8 Å². The fourth-order valence-corrected chi connectivity index (χ4v) is 2.55. The van der Waals surface area contributed by atoms with E-state index in [-0.39, 0.29) is 6.54 Å². The molecule has 0 aliphatic rings. The number of halogens is 1. The molecule has 0 N–H and O–H groups in total. The van der Waals surface area contributed by atoms with Gasteiger partial charge in [0.15, 0.2) is 6.54 Å². The molecule has 5 nitrogen and oxygen atoms in total. The van der Waals surface area contributed by atoms with E-state index < -0.39 is 0 Å².